The van der Waals surface area contributed by atoms with Crippen molar-refractivity contribution in [3.8, 4) is 0 Å². The smallest absolute Gasteiger partial charge is 0.223 e. The van der Waals surface area contributed by atoms with Crippen LogP contribution < -0.4 is 16.4 Å². The first-order valence-electron chi connectivity index (χ1n) is 6.87. The molecule has 20 heavy (non-hydrogen) atoms. The zero-order chi connectivity index (χ0) is 15.0. The van der Waals surface area contributed by atoms with Gasteiger partial charge in [-0.1, -0.05) is 19.1 Å². The van der Waals surface area contributed by atoms with Crippen LogP contribution in [0.4, 0.5) is 5.69 Å². The molecule has 0 radical (unpaired) electrons. The molecule has 0 aliphatic rings. The largest absolute Gasteiger partial charge is 0.352 e. The molecular formula is C15H23N3O2. The summed E-state index contributed by atoms with van der Waals surface area (Å²) < 4.78 is 0. The Morgan fingerprint density at radius 1 is 1.25 bits per heavy atom. The summed E-state index contributed by atoms with van der Waals surface area (Å²) in [5.41, 5.74) is 7.18. The second-order valence-electron chi connectivity index (χ2n) is 4.93. The van der Waals surface area contributed by atoms with Gasteiger partial charge in [-0.05, 0) is 37.1 Å². The predicted molar refractivity (Wildman–Crippen MR) is 80.0 cm³/mol. The Morgan fingerprint density at radius 2 is 1.90 bits per heavy atom. The maximum Gasteiger partial charge on any atom is 0.223 e. The molecule has 0 saturated carbocycles. The molecule has 2 amide bonds. The van der Waals surface area contributed by atoms with Crippen LogP contribution in [0.1, 0.15) is 32.3 Å². The van der Waals surface area contributed by atoms with E-state index in [-0.39, 0.29) is 17.7 Å². The predicted octanol–water partition coefficient (Wildman–Crippen LogP) is 1.64. The van der Waals surface area contributed by atoms with Gasteiger partial charge in [-0.15, -0.1) is 0 Å². The van der Waals surface area contributed by atoms with Gasteiger partial charge in [0.05, 0.1) is 0 Å². The van der Waals surface area contributed by atoms with Gasteiger partial charge in [0.25, 0.3) is 0 Å². The van der Waals surface area contributed by atoms with Crippen molar-refractivity contribution in [3.05, 3.63) is 29.8 Å². The van der Waals surface area contributed by atoms with Crippen molar-refractivity contribution in [1.29, 1.82) is 0 Å². The number of nitrogens with one attached hydrogen (secondary N) is 2. The van der Waals surface area contributed by atoms with Crippen molar-refractivity contribution >= 4 is 17.5 Å². The van der Waals surface area contributed by atoms with Gasteiger partial charge in [0.15, 0.2) is 0 Å². The Hall–Kier alpha value is -1.88. The van der Waals surface area contributed by atoms with Crippen LogP contribution in [-0.2, 0) is 16.1 Å². The topological polar surface area (TPSA) is 84.2 Å². The van der Waals surface area contributed by atoms with E-state index >= 15 is 0 Å². The summed E-state index contributed by atoms with van der Waals surface area (Å²) in [5, 5.41) is 5.60. The van der Waals surface area contributed by atoms with Gasteiger partial charge < -0.3 is 16.4 Å². The summed E-state index contributed by atoms with van der Waals surface area (Å²) in [5.74, 6) is -0.0682. The maximum atomic E-state index is 11.8. The van der Waals surface area contributed by atoms with Crippen LogP contribution in [0.15, 0.2) is 24.3 Å². The lowest BCUT2D eigenvalue weighted by atomic mass is 10.0. The molecule has 4 N–H and O–H groups in total. The molecule has 1 aromatic rings. The highest BCUT2D eigenvalue weighted by molar-refractivity contribution is 5.88. The Labute approximate surface area is 119 Å². The van der Waals surface area contributed by atoms with E-state index in [0.29, 0.717) is 13.1 Å². The molecule has 1 rings (SSSR count). The van der Waals surface area contributed by atoms with Crippen LogP contribution in [0.5, 0.6) is 0 Å². The van der Waals surface area contributed by atoms with Crippen LogP contribution >= 0.6 is 0 Å². The number of amides is 2. The third-order valence-corrected chi connectivity index (χ3v) is 3.03. The zero-order valence-electron chi connectivity index (χ0n) is 12.1. The van der Waals surface area contributed by atoms with Crippen LogP contribution in [0.25, 0.3) is 0 Å². The SMILES string of the molecule is CC(=O)Nc1ccc(CNC(=O)C(C)CCCN)cc1. The normalized spacial score (nSPS) is 11.8. The van der Waals surface area contributed by atoms with Crippen LogP contribution in [0.3, 0.4) is 0 Å². The highest BCUT2D eigenvalue weighted by Crippen LogP contribution is 2.10. The zero-order valence-corrected chi connectivity index (χ0v) is 12.1. The van der Waals surface area contributed by atoms with E-state index in [1.165, 1.54) is 6.92 Å². The van der Waals surface area contributed by atoms with Gasteiger partial charge in [-0.25, -0.2) is 0 Å². The van der Waals surface area contributed by atoms with Crippen LogP contribution in [0, 0.1) is 5.92 Å². The molecule has 0 aliphatic carbocycles. The quantitative estimate of drug-likeness (QED) is 0.708. The minimum absolute atomic E-state index is 0.0165. The fourth-order valence-corrected chi connectivity index (χ4v) is 1.83. The Morgan fingerprint density at radius 3 is 2.45 bits per heavy atom. The molecule has 0 spiro atoms. The second kappa shape index (κ2) is 8.32. The van der Waals surface area contributed by atoms with Crippen LogP contribution in [-0.4, -0.2) is 18.4 Å². The molecule has 1 aromatic carbocycles. The van der Waals surface area contributed by atoms with E-state index in [1.54, 1.807) is 0 Å². The fourth-order valence-electron chi connectivity index (χ4n) is 1.83. The lowest BCUT2D eigenvalue weighted by molar-refractivity contribution is -0.124. The molecular weight excluding hydrogens is 254 g/mol. The summed E-state index contributed by atoms with van der Waals surface area (Å²) in [4.78, 5) is 22.7. The number of hydrogen-bond acceptors (Lipinski definition) is 3. The first kappa shape index (κ1) is 16.2. The average Bonchev–Trinajstić information content (AvgIpc) is 2.43. The number of rotatable bonds is 7. The molecule has 0 fully saturated rings. The van der Waals surface area contributed by atoms with E-state index in [4.69, 9.17) is 5.73 Å². The van der Waals surface area contributed by atoms with E-state index in [0.717, 1.165) is 24.1 Å². The highest BCUT2D eigenvalue weighted by Gasteiger charge is 2.11. The van der Waals surface area contributed by atoms with Crippen molar-refractivity contribution in [2.45, 2.75) is 33.2 Å². The molecule has 0 saturated heterocycles. The van der Waals surface area contributed by atoms with Crippen LogP contribution in [0.2, 0.25) is 0 Å². The molecule has 1 atom stereocenters. The summed E-state index contributed by atoms with van der Waals surface area (Å²) in [6.07, 6.45) is 1.67. The first-order chi connectivity index (χ1) is 9.52. The maximum absolute atomic E-state index is 11.8. The van der Waals surface area contributed by atoms with Crippen molar-refractivity contribution in [1.82, 2.24) is 5.32 Å². The molecule has 0 aliphatic heterocycles. The molecule has 1 unspecified atom stereocenters. The van der Waals surface area contributed by atoms with Gasteiger partial charge in [0, 0.05) is 25.1 Å². The van der Waals surface area contributed by atoms with E-state index < -0.39 is 0 Å². The van der Waals surface area contributed by atoms with Crippen molar-refractivity contribution in [2.75, 3.05) is 11.9 Å². The molecule has 0 aromatic heterocycles. The van der Waals surface area contributed by atoms with E-state index in [2.05, 4.69) is 10.6 Å². The van der Waals surface area contributed by atoms with E-state index in [1.807, 2.05) is 31.2 Å². The number of nitrogens with two attached hydrogens (primary N) is 1. The molecule has 110 valence electrons. The molecule has 5 nitrogen and oxygen atoms in total. The standard InChI is InChI=1S/C15H23N3O2/c1-11(4-3-9-16)15(20)17-10-13-5-7-14(8-6-13)18-12(2)19/h5-8,11H,3-4,9-10,16H2,1-2H3,(H,17,20)(H,18,19). The number of hydrogen-bond donors (Lipinski definition) is 3. The number of carbonyl (C=O) groups is 2. The summed E-state index contributed by atoms with van der Waals surface area (Å²) in [6, 6.07) is 7.41. The number of carbonyl (C=O) groups excluding carboxylic acids is 2. The minimum atomic E-state index is -0.0974. The molecule has 5 heteroatoms. The van der Waals surface area contributed by atoms with Gasteiger partial charge >= 0.3 is 0 Å². The highest BCUT2D eigenvalue weighted by atomic mass is 16.2. The molecule has 0 bridgehead atoms. The second-order valence-corrected chi connectivity index (χ2v) is 4.93. The summed E-state index contributed by atoms with van der Waals surface area (Å²) >= 11 is 0. The number of anilines is 1. The fraction of sp³-hybridized carbons (Fsp3) is 0.467. The Balaban J connectivity index is 2.41. The van der Waals surface area contributed by atoms with Gasteiger partial charge in [0.1, 0.15) is 0 Å². The lowest BCUT2D eigenvalue weighted by Crippen LogP contribution is -2.29. The number of benzene rings is 1. The summed E-state index contributed by atoms with van der Waals surface area (Å²) in [7, 11) is 0. The van der Waals surface area contributed by atoms with Gasteiger partial charge in [0.2, 0.25) is 11.8 Å². The van der Waals surface area contributed by atoms with Crippen molar-refractivity contribution in [2.24, 2.45) is 11.7 Å². The Kier molecular flexibility index (Phi) is 6.73. The molecule has 0 heterocycles. The first-order valence-corrected chi connectivity index (χ1v) is 6.87. The monoisotopic (exact) mass is 277 g/mol. The third kappa shape index (κ3) is 5.84. The van der Waals surface area contributed by atoms with E-state index in [9.17, 15) is 9.59 Å². The minimum Gasteiger partial charge on any atom is -0.352 e. The van der Waals surface area contributed by atoms with Gasteiger partial charge in [-0.3, -0.25) is 9.59 Å². The van der Waals surface area contributed by atoms with Crippen molar-refractivity contribution in [3.63, 3.8) is 0 Å². The van der Waals surface area contributed by atoms with Gasteiger partial charge in [-0.2, -0.15) is 0 Å². The average molecular weight is 277 g/mol. The third-order valence-electron chi connectivity index (χ3n) is 3.03. The Bertz CT molecular complexity index is 443. The van der Waals surface area contributed by atoms with Crippen molar-refractivity contribution < 1.29 is 9.59 Å². The lowest BCUT2D eigenvalue weighted by Gasteiger charge is -2.12. The summed E-state index contributed by atoms with van der Waals surface area (Å²) in [6.45, 7) is 4.48.